The van der Waals surface area contributed by atoms with Gasteiger partial charge in [0.2, 0.25) is 0 Å². The van der Waals surface area contributed by atoms with E-state index in [1.54, 1.807) is 0 Å². The molecule has 2 aliphatic heterocycles. The summed E-state index contributed by atoms with van der Waals surface area (Å²) in [5.41, 5.74) is 6.25. The third kappa shape index (κ3) is 2.12. The SMILES string of the molecule is CC1CN(C2(CN)CCN(C)C2)C(C)CO1. The first-order chi connectivity index (χ1) is 7.57. The Balaban J connectivity index is 2.13. The van der Waals surface area contributed by atoms with E-state index in [1.807, 2.05) is 0 Å². The molecule has 0 saturated carbocycles. The molecule has 2 saturated heterocycles. The van der Waals surface area contributed by atoms with Crippen molar-refractivity contribution < 1.29 is 4.74 Å². The molecule has 0 amide bonds. The van der Waals surface area contributed by atoms with Crippen molar-refractivity contribution in [3.8, 4) is 0 Å². The van der Waals surface area contributed by atoms with Gasteiger partial charge in [-0.25, -0.2) is 0 Å². The standard InChI is InChI=1S/C12H25N3O/c1-10-7-16-11(2)6-15(10)12(8-13)4-5-14(3)9-12/h10-11H,4-9,13H2,1-3H3. The van der Waals surface area contributed by atoms with Crippen molar-refractivity contribution in [1.82, 2.24) is 9.80 Å². The lowest BCUT2D eigenvalue weighted by atomic mass is 9.93. The highest BCUT2D eigenvalue weighted by molar-refractivity contribution is 5.02. The number of morpholine rings is 1. The van der Waals surface area contributed by atoms with Gasteiger partial charge in [-0.05, 0) is 33.9 Å². The van der Waals surface area contributed by atoms with Crippen molar-refractivity contribution in [2.24, 2.45) is 5.73 Å². The van der Waals surface area contributed by atoms with E-state index < -0.39 is 0 Å². The lowest BCUT2D eigenvalue weighted by molar-refractivity contribution is -0.0895. The van der Waals surface area contributed by atoms with Gasteiger partial charge in [-0.15, -0.1) is 0 Å². The zero-order chi connectivity index (χ0) is 11.8. The number of rotatable bonds is 2. The molecule has 0 aromatic heterocycles. The second kappa shape index (κ2) is 4.61. The third-order valence-corrected chi connectivity index (χ3v) is 4.12. The van der Waals surface area contributed by atoms with E-state index in [-0.39, 0.29) is 5.54 Å². The van der Waals surface area contributed by atoms with Crippen molar-refractivity contribution in [2.45, 2.75) is 38.0 Å². The maximum absolute atomic E-state index is 6.06. The minimum Gasteiger partial charge on any atom is -0.376 e. The highest BCUT2D eigenvalue weighted by Gasteiger charge is 2.44. The van der Waals surface area contributed by atoms with Crippen LogP contribution in [-0.2, 0) is 4.74 Å². The predicted molar refractivity (Wildman–Crippen MR) is 65.5 cm³/mol. The number of nitrogens with two attached hydrogens (primary N) is 1. The topological polar surface area (TPSA) is 41.7 Å². The van der Waals surface area contributed by atoms with Gasteiger partial charge in [0.1, 0.15) is 0 Å². The molecule has 0 spiro atoms. The number of likely N-dealkylation sites (tertiary alicyclic amines) is 1. The second-order valence-electron chi connectivity index (χ2n) is 5.56. The fraction of sp³-hybridized carbons (Fsp3) is 1.00. The zero-order valence-electron chi connectivity index (χ0n) is 10.8. The summed E-state index contributed by atoms with van der Waals surface area (Å²) in [6.45, 7) is 9.28. The Labute approximate surface area is 98.7 Å². The van der Waals surface area contributed by atoms with Crippen LogP contribution in [0.4, 0.5) is 0 Å². The van der Waals surface area contributed by atoms with Crippen LogP contribution >= 0.6 is 0 Å². The van der Waals surface area contributed by atoms with Gasteiger partial charge in [-0.1, -0.05) is 0 Å². The van der Waals surface area contributed by atoms with Crippen LogP contribution in [0.2, 0.25) is 0 Å². The van der Waals surface area contributed by atoms with Crippen LogP contribution in [0.25, 0.3) is 0 Å². The molecule has 16 heavy (non-hydrogen) atoms. The van der Waals surface area contributed by atoms with Gasteiger partial charge in [0.05, 0.1) is 12.7 Å². The summed E-state index contributed by atoms with van der Waals surface area (Å²) >= 11 is 0. The molecule has 2 aliphatic rings. The van der Waals surface area contributed by atoms with Crippen molar-refractivity contribution >= 4 is 0 Å². The molecule has 4 heteroatoms. The number of hydrogen-bond acceptors (Lipinski definition) is 4. The molecule has 2 fully saturated rings. The Morgan fingerprint density at radius 3 is 2.75 bits per heavy atom. The minimum absolute atomic E-state index is 0.187. The van der Waals surface area contributed by atoms with E-state index in [0.717, 1.165) is 32.8 Å². The fourth-order valence-corrected chi connectivity index (χ4v) is 3.14. The van der Waals surface area contributed by atoms with Crippen molar-refractivity contribution in [3.63, 3.8) is 0 Å². The summed E-state index contributed by atoms with van der Waals surface area (Å²) < 4.78 is 5.70. The number of ether oxygens (including phenoxy) is 1. The van der Waals surface area contributed by atoms with E-state index in [0.29, 0.717) is 12.1 Å². The largest absolute Gasteiger partial charge is 0.376 e. The number of hydrogen-bond donors (Lipinski definition) is 1. The fourth-order valence-electron chi connectivity index (χ4n) is 3.14. The maximum Gasteiger partial charge on any atom is 0.0675 e. The summed E-state index contributed by atoms with van der Waals surface area (Å²) in [6, 6.07) is 0.492. The summed E-state index contributed by atoms with van der Waals surface area (Å²) in [5.74, 6) is 0. The Morgan fingerprint density at radius 1 is 1.44 bits per heavy atom. The molecule has 2 N–H and O–H groups in total. The van der Waals surface area contributed by atoms with Crippen molar-refractivity contribution in [1.29, 1.82) is 0 Å². The lowest BCUT2D eigenvalue weighted by Gasteiger charge is -2.48. The smallest absolute Gasteiger partial charge is 0.0675 e. The lowest BCUT2D eigenvalue weighted by Crippen LogP contribution is -2.63. The molecule has 3 unspecified atom stereocenters. The highest BCUT2D eigenvalue weighted by Crippen LogP contribution is 2.30. The molecule has 0 bridgehead atoms. The highest BCUT2D eigenvalue weighted by atomic mass is 16.5. The van der Waals surface area contributed by atoms with E-state index in [2.05, 4.69) is 30.7 Å². The Bertz CT molecular complexity index is 248. The molecule has 94 valence electrons. The quantitative estimate of drug-likeness (QED) is 0.728. The maximum atomic E-state index is 6.06. The van der Waals surface area contributed by atoms with E-state index in [4.69, 9.17) is 10.5 Å². The summed E-state index contributed by atoms with van der Waals surface area (Å²) in [5, 5.41) is 0. The molecular formula is C12H25N3O. The van der Waals surface area contributed by atoms with Crippen LogP contribution in [-0.4, -0.2) is 67.3 Å². The Kier molecular flexibility index (Phi) is 3.54. The second-order valence-corrected chi connectivity index (χ2v) is 5.56. The van der Waals surface area contributed by atoms with Crippen LogP contribution in [0.3, 0.4) is 0 Å². The van der Waals surface area contributed by atoms with Crippen LogP contribution in [0.1, 0.15) is 20.3 Å². The first-order valence-electron chi connectivity index (χ1n) is 6.34. The summed E-state index contributed by atoms with van der Waals surface area (Å²) in [7, 11) is 2.19. The minimum atomic E-state index is 0.187. The van der Waals surface area contributed by atoms with Crippen molar-refractivity contribution in [3.05, 3.63) is 0 Å². The van der Waals surface area contributed by atoms with Gasteiger partial charge < -0.3 is 15.4 Å². The molecule has 0 aliphatic carbocycles. The average Bonchev–Trinajstić information content (AvgIpc) is 2.65. The predicted octanol–water partition coefficient (Wildman–Crippen LogP) is 0.129. The molecule has 2 rings (SSSR count). The van der Waals surface area contributed by atoms with E-state index >= 15 is 0 Å². The van der Waals surface area contributed by atoms with Crippen LogP contribution in [0.15, 0.2) is 0 Å². The first-order valence-corrected chi connectivity index (χ1v) is 6.34. The molecular weight excluding hydrogens is 202 g/mol. The molecule has 3 atom stereocenters. The summed E-state index contributed by atoms with van der Waals surface area (Å²) in [6.07, 6.45) is 1.53. The normalized spacial score (nSPS) is 42.8. The Hall–Kier alpha value is -0.160. The van der Waals surface area contributed by atoms with E-state index in [9.17, 15) is 0 Å². The summed E-state index contributed by atoms with van der Waals surface area (Å²) in [4.78, 5) is 4.98. The monoisotopic (exact) mass is 227 g/mol. The van der Waals surface area contributed by atoms with Gasteiger partial charge in [0.25, 0.3) is 0 Å². The first kappa shape index (κ1) is 12.3. The van der Waals surface area contributed by atoms with Crippen LogP contribution in [0, 0.1) is 0 Å². The van der Waals surface area contributed by atoms with Crippen LogP contribution < -0.4 is 5.73 Å². The zero-order valence-corrected chi connectivity index (χ0v) is 10.8. The van der Waals surface area contributed by atoms with Gasteiger partial charge in [-0.3, -0.25) is 4.90 Å². The third-order valence-electron chi connectivity index (χ3n) is 4.12. The average molecular weight is 227 g/mol. The van der Waals surface area contributed by atoms with Gasteiger partial charge in [-0.2, -0.15) is 0 Å². The molecule has 4 nitrogen and oxygen atoms in total. The van der Waals surface area contributed by atoms with Crippen molar-refractivity contribution in [2.75, 3.05) is 39.8 Å². The number of nitrogens with zero attached hydrogens (tertiary/aromatic N) is 2. The molecule has 0 aromatic carbocycles. The van der Waals surface area contributed by atoms with Gasteiger partial charge in [0.15, 0.2) is 0 Å². The van der Waals surface area contributed by atoms with Crippen LogP contribution in [0.5, 0.6) is 0 Å². The Morgan fingerprint density at radius 2 is 2.19 bits per heavy atom. The van der Waals surface area contributed by atoms with E-state index in [1.165, 1.54) is 6.42 Å². The van der Waals surface area contributed by atoms with Gasteiger partial charge in [0, 0.05) is 31.2 Å². The molecule has 2 heterocycles. The number of likely N-dealkylation sites (N-methyl/N-ethyl adjacent to an activating group) is 1. The molecule has 0 aromatic rings. The van der Waals surface area contributed by atoms with Gasteiger partial charge >= 0.3 is 0 Å². The molecule has 0 radical (unpaired) electrons.